The first-order valence-corrected chi connectivity index (χ1v) is 7.54. The fourth-order valence-electron chi connectivity index (χ4n) is 2.23. The van der Waals surface area contributed by atoms with Crippen LogP contribution in [-0.4, -0.2) is 29.9 Å². The molecule has 1 amide bonds. The van der Waals surface area contributed by atoms with E-state index in [9.17, 15) is 4.79 Å². The fraction of sp³-hybridized carbons (Fsp3) is 0.583. The molecule has 2 unspecified atom stereocenters. The highest BCUT2D eigenvalue weighted by atomic mass is 79.9. The number of piperidine rings is 1. The van der Waals surface area contributed by atoms with Gasteiger partial charge in [-0.3, -0.25) is 4.79 Å². The van der Waals surface area contributed by atoms with Crippen molar-refractivity contribution in [3.63, 3.8) is 0 Å². The minimum absolute atomic E-state index is 0.136. The number of nitrogens with zero attached hydrogens (tertiary/aromatic N) is 1. The van der Waals surface area contributed by atoms with Crippen molar-refractivity contribution in [1.29, 1.82) is 0 Å². The van der Waals surface area contributed by atoms with Crippen LogP contribution in [0.4, 0.5) is 0 Å². The number of hydrogen-bond acceptors (Lipinski definition) is 3. The summed E-state index contributed by atoms with van der Waals surface area (Å²) in [6.45, 7) is 3.68. The van der Waals surface area contributed by atoms with Gasteiger partial charge < -0.3 is 10.6 Å². The van der Waals surface area contributed by atoms with Gasteiger partial charge in [0.05, 0.1) is 9.35 Å². The molecule has 1 saturated heterocycles. The van der Waals surface area contributed by atoms with E-state index < -0.39 is 0 Å². The molecule has 1 fully saturated rings. The van der Waals surface area contributed by atoms with E-state index in [0.717, 1.165) is 35.3 Å². The molecule has 0 spiro atoms. The van der Waals surface area contributed by atoms with Crippen LogP contribution in [0.3, 0.4) is 0 Å². The molecule has 3 nitrogen and oxygen atoms in total. The van der Waals surface area contributed by atoms with Gasteiger partial charge in [0.15, 0.2) is 0 Å². The zero-order chi connectivity index (χ0) is 12.4. The van der Waals surface area contributed by atoms with Gasteiger partial charge in [0.25, 0.3) is 5.91 Å². The number of hydrogen-bond donors (Lipinski definition) is 1. The van der Waals surface area contributed by atoms with Crippen molar-refractivity contribution in [3.05, 3.63) is 20.8 Å². The molecule has 2 heterocycles. The van der Waals surface area contributed by atoms with Gasteiger partial charge in [-0.25, -0.2) is 0 Å². The average molecular weight is 317 g/mol. The van der Waals surface area contributed by atoms with Crippen molar-refractivity contribution in [3.8, 4) is 0 Å². The van der Waals surface area contributed by atoms with Crippen molar-refractivity contribution >= 4 is 33.2 Å². The van der Waals surface area contributed by atoms with Gasteiger partial charge in [0.2, 0.25) is 0 Å². The molecule has 0 aliphatic carbocycles. The van der Waals surface area contributed by atoms with Crippen molar-refractivity contribution < 1.29 is 4.79 Å². The lowest BCUT2D eigenvalue weighted by atomic mass is 9.92. The molecular weight excluding hydrogens is 300 g/mol. The molecule has 1 aliphatic rings. The maximum atomic E-state index is 12.3. The molecule has 1 aliphatic heterocycles. The fourth-order valence-corrected chi connectivity index (χ4v) is 3.36. The lowest BCUT2D eigenvalue weighted by molar-refractivity contribution is 0.0661. The number of likely N-dealkylation sites (tertiary alicyclic amines) is 1. The van der Waals surface area contributed by atoms with Crippen LogP contribution in [0.25, 0.3) is 0 Å². The Morgan fingerprint density at radius 3 is 3.06 bits per heavy atom. The predicted molar refractivity (Wildman–Crippen MR) is 74.3 cm³/mol. The van der Waals surface area contributed by atoms with E-state index in [1.807, 2.05) is 23.3 Å². The topological polar surface area (TPSA) is 46.3 Å². The summed E-state index contributed by atoms with van der Waals surface area (Å²) in [5.74, 6) is 0.576. The molecule has 1 aromatic heterocycles. The monoisotopic (exact) mass is 316 g/mol. The van der Waals surface area contributed by atoms with E-state index in [1.54, 1.807) is 11.3 Å². The van der Waals surface area contributed by atoms with E-state index in [2.05, 4.69) is 15.9 Å². The molecule has 2 atom stereocenters. The van der Waals surface area contributed by atoms with Crippen LogP contribution < -0.4 is 5.73 Å². The van der Waals surface area contributed by atoms with Gasteiger partial charge in [0, 0.05) is 24.5 Å². The summed E-state index contributed by atoms with van der Waals surface area (Å²) in [6, 6.07) is 2.06. The Morgan fingerprint density at radius 1 is 1.71 bits per heavy atom. The summed E-state index contributed by atoms with van der Waals surface area (Å²) < 4.78 is 1.00. The lowest BCUT2D eigenvalue weighted by Gasteiger charge is -2.34. The average Bonchev–Trinajstić information content (AvgIpc) is 2.75. The Labute approximate surface area is 114 Å². The summed E-state index contributed by atoms with van der Waals surface area (Å²) in [7, 11) is 0. The summed E-state index contributed by atoms with van der Waals surface area (Å²) in [4.78, 5) is 14.2. The zero-order valence-electron chi connectivity index (χ0n) is 9.86. The third-order valence-electron chi connectivity index (χ3n) is 3.30. The molecule has 0 saturated carbocycles. The first kappa shape index (κ1) is 13.1. The Balaban J connectivity index is 2.04. The summed E-state index contributed by atoms with van der Waals surface area (Å²) in [5.41, 5.74) is 6.71. The maximum absolute atomic E-state index is 12.3. The Kier molecular flexibility index (Phi) is 4.22. The van der Waals surface area contributed by atoms with Gasteiger partial charge in [-0.2, -0.15) is 0 Å². The smallest absolute Gasteiger partial charge is 0.254 e. The molecule has 5 heteroatoms. The van der Waals surface area contributed by atoms with Crippen LogP contribution >= 0.6 is 27.3 Å². The highest BCUT2D eigenvalue weighted by Gasteiger charge is 2.26. The summed E-state index contributed by atoms with van der Waals surface area (Å²) >= 11 is 4.94. The number of thiophene rings is 1. The van der Waals surface area contributed by atoms with Gasteiger partial charge in [-0.15, -0.1) is 11.3 Å². The summed E-state index contributed by atoms with van der Waals surface area (Å²) in [5, 5.41) is 1.90. The minimum Gasteiger partial charge on any atom is -0.338 e. The van der Waals surface area contributed by atoms with E-state index in [1.165, 1.54) is 0 Å². The van der Waals surface area contributed by atoms with Crippen LogP contribution in [0.1, 0.15) is 30.1 Å². The second-order valence-electron chi connectivity index (χ2n) is 4.65. The van der Waals surface area contributed by atoms with Crippen molar-refractivity contribution in [2.45, 2.75) is 25.8 Å². The number of rotatable bonds is 2. The Morgan fingerprint density at radius 2 is 2.47 bits per heavy atom. The van der Waals surface area contributed by atoms with E-state index >= 15 is 0 Å². The van der Waals surface area contributed by atoms with Crippen molar-refractivity contribution in [2.75, 3.05) is 13.1 Å². The van der Waals surface area contributed by atoms with E-state index in [-0.39, 0.29) is 11.9 Å². The van der Waals surface area contributed by atoms with Crippen molar-refractivity contribution in [1.82, 2.24) is 4.90 Å². The zero-order valence-corrected chi connectivity index (χ0v) is 12.3. The quantitative estimate of drug-likeness (QED) is 0.911. The largest absolute Gasteiger partial charge is 0.338 e. The van der Waals surface area contributed by atoms with Gasteiger partial charge in [0.1, 0.15) is 0 Å². The highest BCUT2D eigenvalue weighted by Crippen LogP contribution is 2.24. The Hall–Kier alpha value is -0.390. The van der Waals surface area contributed by atoms with E-state index in [4.69, 9.17) is 5.73 Å². The molecule has 1 aromatic rings. The van der Waals surface area contributed by atoms with Crippen LogP contribution in [0, 0.1) is 5.92 Å². The second kappa shape index (κ2) is 5.50. The molecule has 17 heavy (non-hydrogen) atoms. The first-order valence-electron chi connectivity index (χ1n) is 5.87. The van der Waals surface area contributed by atoms with E-state index in [0.29, 0.717) is 5.92 Å². The third kappa shape index (κ3) is 3.09. The van der Waals surface area contributed by atoms with Crippen LogP contribution in [0.5, 0.6) is 0 Å². The standard InChI is InChI=1S/C12H17BrN2OS/c1-8(14)9-3-2-4-15(6-9)12(16)10-5-11(13)17-7-10/h5,7-9H,2-4,6,14H2,1H3. The SMILES string of the molecule is CC(N)C1CCCN(C(=O)c2csc(Br)c2)C1. The Bertz CT molecular complexity index is 405. The normalized spacial score (nSPS) is 22.5. The molecule has 94 valence electrons. The third-order valence-corrected chi connectivity index (χ3v) is 4.81. The lowest BCUT2D eigenvalue weighted by Crippen LogP contribution is -2.44. The van der Waals surface area contributed by atoms with Crippen LogP contribution in [-0.2, 0) is 0 Å². The number of nitrogens with two attached hydrogens (primary N) is 1. The van der Waals surface area contributed by atoms with Gasteiger partial charge in [-0.05, 0) is 47.7 Å². The number of carbonyl (C=O) groups excluding carboxylic acids is 1. The first-order chi connectivity index (χ1) is 8.08. The highest BCUT2D eigenvalue weighted by molar-refractivity contribution is 9.11. The molecule has 2 N–H and O–H groups in total. The number of carbonyl (C=O) groups is 1. The maximum Gasteiger partial charge on any atom is 0.254 e. The van der Waals surface area contributed by atoms with Gasteiger partial charge >= 0.3 is 0 Å². The van der Waals surface area contributed by atoms with Crippen LogP contribution in [0.2, 0.25) is 0 Å². The number of amides is 1. The molecule has 0 bridgehead atoms. The van der Waals surface area contributed by atoms with Crippen LogP contribution in [0.15, 0.2) is 15.2 Å². The van der Waals surface area contributed by atoms with Crippen molar-refractivity contribution in [2.24, 2.45) is 11.7 Å². The second-order valence-corrected chi connectivity index (χ2v) is 6.94. The van der Waals surface area contributed by atoms with Gasteiger partial charge in [-0.1, -0.05) is 0 Å². The summed E-state index contributed by atoms with van der Waals surface area (Å²) in [6.07, 6.45) is 2.19. The molecule has 0 aromatic carbocycles. The number of halogens is 1. The predicted octanol–water partition coefficient (Wildman–Crippen LogP) is 2.71. The molecule has 2 rings (SSSR count). The minimum atomic E-state index is 0.136. The molecule has 0 radical (unpaired) electrons. The molecular formula is C12H17BrN2OS.